The standard InChI is InChI=1S/C31H44N2O2.2C2H4O2.Co/c1-5-9-11-22-15-24(7-3)30(34)26(17-22)20-32-28-13-14-29(19-28)33-21-27-18-23(12-10-6-2)16-25(8-4)31(27)35;2*1-2(3)4;/h15-18,20-21,28-29,34-35H,5-14,19H2,1-4H3;2*1H3,(H,3,4);/q;;;+2/p-2. The monoisotopic (exact) mass is 653 g/mol. The molecule has 1 fully saturated rings. The van der Waals surface area contributed by atoms with Gasteiger partial charge in [-0.1, -0.05) is 52.7 Å². The number of carboxylic acid groups (broad SMARTS) is 2. The Morgan fingerprint density at radius 3 is 1.39 bits per heavy atom. The Hall–Kier alpha value is -3.17. The Kier molecular flexibility index (Phi) is 20.7. The van der Waals surface area contributed by atoms with Crippen LogP contribution in [0.15, 0.2) is 34.3 Å². The second kappa shape index (κ2) is 22.4. The summed E-state index contributed by atoms with van der Waals surface area (Å²) in [6.07, 6.45) is 15.0. The zero-order valence-electron chi connectivity index (χ0n) is 27.2. The average Bonchev–Trinajstić information content (AvgIpc) is 3.41. The molecule has 1 aliphatic rings. The van der Waals surface area contributed by atoms with Crippen molar-refractivity contribution in [3.63, 3.8) is 0 Å². The molecule has 1 saturated carbocycles. The fourth-order valence-electron chi connectivity index (χ4n) is 4.94. The van der Waals surface area contributed by atoms with E-state index in [0.717, 1.165) is 107 Å². The van der Waals surface area contributed by atoms with Crippen LogP contribution in [0.3, 0.4) is 0 Å². The maximum Gasteiger partial charge on any atom is 2.00 e. The smallest absolute Gasteiger partial charge is 0.550 e. The number of carbonyl (C=O) groups is 2. The number of phenols is 2. The summed E-state index contributed by atoms with van der Waals surface area (Å²) in [6.45, 7) is 10.5. The summed E-state index contributed by atoms with van der Waals surface area (Å²) in [5.74, 6) is -1.43. The molecule has 0 amide bonds. The van der Waals surface area contributed by atoms with Gasteiger partial charge in [0.2, 0.25) is 0 Å². The van der Waals surface area contributed by atoms with Gasteiger partial charge in [-0.15, -0.1) is 0 Å². The van der Waals surface area contributed by atoms with Gasteiger partial charge in [-0.25, -0.2) is 0 Å². The number of rotatable bonds is 12. The summed E-state index contributed by atoms with van der Waals surface area (Å²) in [5.41, 5.74) is 6.24. The van der Waals surface area contributed by atoms with Gasteiger partial charge in [-0.05, 0) is 106 Å². The molecule has 2 N–H and O–H groups in total. The fraction of sp³-hybridized carbons (Fsp3) is 0.543. The fourth-order valence-corrected chi connectivity index (χ4v) is 4.94. The van der Waals surface area contributed by atoms with E-state index < -0.39 is 11.9 Å². The summed E-state index contributed by atoms with van der Waals surface area (Å²) in [6, 6.07) is 8.90. The number of hydrogen-bond donors (Lipinski definition) is 2. The molecule has 9 heteroatoms. The minimum absolute atomic E-state index is 0. The Morgan fingerprint density at radius 2 is 1.09 bits per heavy atom. The molecule has 2 aromatic carbocycles. The molecule has 44 heavy (non-hydrogen) atoms. The molecule has 0 saturated heterocycles. The van der Waals surface area contributed by atoms with Crippen LogP contribution in [0.2, 0.25) is 0 Å². The Bertz CT molecular complexity index is 1130. The van der Waals surface area contributed by atoms with Gasteiger partial charge in [0.05, 0.1) is 12.1 Å². The normalized spacial score (nSPS) is 15.7. The first-order chi connectivity index (χ1) is 20.4. The molecule has 2 aromatic rings. The third-order valence-corrected chi connectivity index (χ3v) is 7.18. The molecule has 0 bridgehead atoms. The molecule has 8 nitrogen and oxygen atoms in total. The number of aryl methyl sites for hydroxylation is 4. The number of carboxylic acids is 2. The van der Waals surface area contributed by atoms with Crippen LogP contribution in [0.25, 0.3) is 0 Å². The van der Waals surface area contributed by atoms with Crippen LogP contribution in [0.1, 0.15) is 120 Å². The molecule has 1 aliphatic carbocycles. The van der Waals surface area contributed by atoms with Crippen molar-refractivity contribution in [3.05, 3.63) is 57.6 Å². The van der Waals surface area contributed by atoms with Gasteiger partial charge < -0.3 is 30.0 Å². The summed E-state index contributed by atoms with van der Waals surface area (Å²) in [7, 11) is 0. The number of benzene rings is 2. The second-order valence-corrected chi connectivity index (χ2v) is 11.0. The zero-order chi connectivity index (χ0) is 32.4. The van der Waals surface area contributed by atoms with Crippen molar-refractivity contribution in [2.75, 3.05) is 0 Å². The van der Waals surface area contributed by atoms with Gasteiger partial charge in [0, 0.05) is 35.5 Å². The molecule has 245 valence electrons. The number of nitrogens with zero attached hydrogens (tertiary/aromatic N) is 2. The van der Waals surface area contributed by atoms with Crippen LogP contribution < -0.4 is 10.2 Å². The summed E-state index contributed by atoms with van der Waals surface area (Å²) in [4.78, 5) is 27.5. The van der Waals surface area contributed by atoms with Gasteiger partial charge in [0.15, 0.2) is 0 Å². The number of hydrogen-bond acceptors (Lipinski definition) is 8. The molecular weight excluding hydrogens is 603 g/mol. The van der Waals surface area contributed by atoms with E-state index in [-0.39, 0.29) is 28.9 Å². The number of aliphatic imine (C=N–C) groups is 2. The third-order valence-electron chi connectivity index (χ3n) is 7.18. The maximum absolute atomic E-state index is 10.7. The topological polar surface area (TPSA) is 145 Å². The summed E-state index contributed by atoms with van der Waals surface area (Å²) in [5, 5.41) is 39.1. The Labute approximate surface area is 273 Å². The van der Waals surface area contributed by atoms with E-state index in [1.807, 2.05) is 12.4 Å². The first kappa shape index (κ1) is 40.8. The third kappa shape index (κ3) is 15.5. The van der Waals surface area contributed by atoms with E-state index in [2.05, 4.69) is 52.0 Å². The number of aromatic hydroxyl groups is 2. The molecule has 2 atom stereocenters. The molecule has 1 radical (unpaired) electrons. The van der Waals surface area contributed by atoms with Gasteiger partial charge in [0.1, 0.15) is 11.5 Å². The number of carbonyl (C=O) groups excluding carboxylic acids is 2. The van der Waals surface area contributed by atoms with Gasteiger partial charge >= 0.3 is 16.8 Å². The van der Waals surface area contributed by atoms with Crippen molar-refractivity contribution >= 4 is 24.4 Å². The van der Waals surface area contributed by atoms with Crippen molar-refractivity contribution in [3.8, 4) is 11.5 Å². The molecule has 0 aromatic heterocycles. The van der Waals surface area contributed by atoms with E-state index in [4.69, 9.17) is 29.8 Å². The molecular formula is C35H50CoN2O6. The quantitative estimate of drug-likeness (QED) is 0.313. The minimum atomic E-state index is -1.08. The van der Waals surface area contributed by atoms with Crippen molar-refractivity contribution < 1.29 is 46.8 Å². The second-order valence-electron chi connectivity index (χ2n) is 11.0. The zero-order valence-corrected chi connectivity index (χ0v) is 28.2. The van der Waals surface area contributed by atoms with Crippen LogP contribution in [0.5, 0.6) is 11.5 Å². The number of aliphatic carboxylic acids is 2. The van der Waals surface area contributed by atoms with Crippen molar-refractivity contribution in [2.24, 2.45) is 9.98 Å². The summed E-state index contributed by atoms with van der Waals surface area (Å²) < 4.78 is 0. The van der Waals surface area contributed by atoms with E-state index in [1.54, 1.807) is 0 Å². The van der Waals surface area contributed by atoms with E-state index in [9.17, 15) is 10.2 Å². The predicted molar refractivity (Wildman–Crippen MR) is 170 cm³/mol. The van der Waals surface area contributed by atoms with Crippen LogP contribution in [-0.2, 0) is 52.1 Å². The van der Waals surface area contributed by atoms with E-state index in [0.29, 0.717) is 11.5 Å². The molecule has 3 rings (SSSR count). The van der Waals surface area contributed by atoms with Crippen LogP contribution >= 0.6 is 0 Å². The first-order valence-corrected chi connectivity index (χ1v) is 15.6. The van der Waals surface area contributed by atoms with Gasteiger partial charge in [-0.3, -0.25) is 9.98 Å². The molecule has 2 unspecified atom stereocenters. The minimum Gasteiger partial charge on any atom is -0.550 e. The predicted octanol–water partition coefficient (Wildman–Crippen LogP) is 4.88. The van der Waals surface area contributed by atoms with Crippen molar-refractivity contribution in [2.45, 2.75) is 124 Å². The van der Waals surface area contributed by atoms with E-state index in [1.165, 1.54) is 11.1 Å². The van der Waals surface area contributed by atoms with E-state index >= 15 is 0 Å². The summed E-state index contributed by atoms with van der Waals surface area (Å²) >= 11 is 0. The van der Waals surface area contributed by atoms with Crippen molar-refractivity contribution in [1.29, 1.82) is 0 Å². The van der Waals surface area contributed by atoms with Gasteiger partial charge in [-0.2, -0.15) is 0 Å². The number of phenolic OH excluding ortho intramolecular Hbond substituents is 2. The molecule has 0 spiro atoms. The molecule has 0 aliphatic heterocycles. The average molecular weight is 654 g/mol. The van der Waals surface area contributed by atoms with Crippen LogP contribution in [0.4, 0.5) is 0 Å². The Morgan fingerprint density at radius 1 is 0.750 bits per heavy atom. The van der Waals surface area contributed by atoms with Crippen LogP contribution in [-0.4, -0.2) is 46.7 Å². The van der Waals surface area contributed by atoms with Crippen LogP contribution in [0, 0.1) is 0 Å². The Balaban J connectivity index is 0.00000183. The SMILES string of the molecule is CC(=O)[O-].CC(=O)[O-].CCCCc1cc(C=NC2CCC(N=Cc3cc(CCCC)cc(CC)c3O)C2)c(O)c(CC)c1.[Co+2]. The largest absolute Gasteiger partial charge is 2.00 e. The number of unbranched alkanes of at least 4 members (excludes halogenated alkanes) is 2. The van der Waals surface area contributed by atoms with Gasteiger partial charge in [0.25, 0.3) is 0 Å². The molecule has 0 heterocycles. The maximum atomic E-state index is 10.7. The van der Waals surface area contributed by atoms with Crippen molar-refractivity contribution in [1.82, 2.24) is 0 Å². The first-order valence-electron chi connectivity index (χ1n) is 15.6.